The lowest BCUT2D eigenvalue weighted by Crippen LogP contribution is -2.00. The molecule has 0 aliphatic rings. The average molecular weight is 207 g/mol. The Morgan fingerprint density at radius 2 is 1.67 bits per heavy atom. The standard InChI is InChI=1S/C5H8Cl3S/c6-5(7,8)3-1-2-4-9/h1-4H2. The van der Waals surface area contributed by atoms with Crippen LogP contribution in [0.15, 0.2) is 0 Å². The van der Waals surface area contributed by atoms with Gasteiger partial charge in [-0.25, -0.2) is 0 Å². The zero-order valence-corrected chi connectivity index (χ0v) is 7.95. The van der Waals surface area contributed by atoms with Crippen molar-refractivity contribution in [1.29, 1.82) is 0 Å². The molecule has 0 atom stereocenters. The van der Waals surface area contributed by atoms with Crippen LogP contribution in [0.25, 0.3) is 0 Å². The number of unbranched alkanes of at least 4 members (excludes halogenated alkanes) is 1. The summed E-state index contributed by atoms with van der Waals surface area (Å²) in [6.07, 6.45) is 2.47. The van der Waals surface area contributed by atoms with Gasteiger partial charge in [0.1, 0.15) is 0 Å². The molecule has 1 radical (unpaired) electrons. The van der Waals surface area contributed by atoms with Gasteiger partial charge in [0, 0.05) is 5.75 Å². The number of hydrogen-bond donors (Lipinski definition) is 0. The normalized spacial score (nSPS) is 12.0. The highest BCUT2D eigenvalue weighted by molar-refractivity contribution is 7.80. The number of rotatable bonds is 3. The van der Waals surface area contributed by atoms with Crippen molar-refractivity contribution in [3.63, 3.8) is 0 Å². The third kappa shape index (κ3) is 9.22. The Bertz CT molecular complexity index is 69.1. The van der Waals surface area contributed by atoms with Crippen LogP contribution >= 0.6 is 47.4 Å². The second-order valence-electron chi connectivity index (χ2n) is 1.78. The van der Waals surface area contributed by atoms with E-state index in [1.807, 2.05) is 0 Å². The summed E-state index contributed by atoms with van der Waals surface area (Å²) in [5, 5.41) is 0. The quantitative estimate of drug-likeness (QED) is 0.488. The highest BCUT2D eigenvalue weighted by Gasteiger charge is 2.17. The van der Waals surface area contributed by atoms with Crippen molar-refractivity contribution in [2.24, 2.45) is 0 Å². The topological polar surface area (TPSA) is 0 Å². The van der Waals surface area contributed by atoms with Gasteiger partial charge in [-0.2, -0.15) is 0 Å². The van der Waals surface area contributed by atoms with Crippen LogP contribution in [0.5, 0.6) is 0 Å². The summed E-state index contributed by atoms with van der Waals surface area (Å²) in [7, 11) is 0. The first kappa shape index (κ1) is 10.2. The van der Waals surface area contributed by atoms with Gasteiger partial charge >= 0.3 is 0 Å². The molecule has 0 saturated heterocycles. The van der Waals surface area contributed by atoms with Gasteiger partial charge in [0.05, 0.1) is 0 Å². The zero-order valence-electron chi connectivity index (χ0n) is 4.87. The molecular formula is C5H8Cl3S. The first-order valence-corrected chi connectivity index (χ1v) is 4.42. The van der Waals surface area contributed by atoms with Crippen molar-refractivity contribution in [2.75, 3.05) is 5.75 Å². The molecule has 0 aliphatic heterocycles. The fourth-order valence-corrected chi connectivity index (χ4v) is 1.03. The summed E-state index contributed by atoms with van der Waals surface area (Å²) < 4.78 is -1.08. The van der Waals surface area contributed by atoms with Crippen molar-refractivity contribution in [3.05, 3.63) is 0 Å². The van der Waals surface area contributed by atoms with Crippen LogP contribution in [-0.2, 0) is 0 Å². The first-order valence-electron chi connectivity index (χ1n) is 2.71. The lowest BCUT2D eigenvalue weighted by atomic mass is 10.3. The summed E-state index contributed by atoms with van der Waals surface area (Å²) in [6.45, 7) is 0. The van der Waals surface area contributed by atoms with Crippen LogP contribution in [0.1, 0.15) is 19.3 Å². The van der Waals surface area contributed by atoms with Gasteiger partial charge < -0.3 is 0 Å². The third-order valence-corrected chi connectivity index (χ3v) is 1.71. The van der Waals surface area contributed by atoms with Gasteiger partial charge in [0.25, 0.3) is 0 Å². The van der Waals surface area contributed by atoms with E-state index in [-0.39, 0.29) is 0 Å². The third-order valence-electron chi connectivity index (χ3n) is 0.855. The lowest BCUT2D eigenvalue weighted by Gasteiger charge is -2.08. The Kier molecular flexibility index (Phi) is 5.62. The summed E-state index contributed by atoms with van der Waals surface area (Å²) in [5.74, 6) is 0.751. The lowest BCUT2D eigenvalue weighted by molar-refractivity contribution is 0.740. The van der Waals surface area contributed by atoms with Gasteiger partial charge in [0.15, 0.2) is 3.79 Å². The summed E-state index contributed by atoms with van der Waals surface area (Å²) in [5.41, 5.74) is 0. The van der Waals surface area contributed by atoms with E-state index in [2.05, 4.69) is 0 Å². The van der Waals surface area contributed by atoms with Crippen LogP contribution in [0.2, 0.25) is 0 Å². The van der Waals surface area contributed by atoms with E-state index in [1.54, 1.807) is 0 Å². The second-order valence-corrected chi connectivity index (χ2v) is 4.70. The molecule has 0 aromatic rings. The summed E-state index contributed by atoms with van der Waals surface area (Å²) in [6, 6.07) is 0. The number of hydrogen-bond acceptors (Lipinski definition) is 0. The van der Waals surface area contributed by atoms with Crippen LogP contribution in [0.3, 0.4) is 0 Å². The number of alkyl halides is 3. The van der Waals surface area contributed by atoms with Crippen LogP contribution in [-0.4, -0.2) is 9.55 Å². The van der Waals surface area contributed by atoms with Gasteiger partial charge in [-0.15, -0.1) is 0 Å². The fraction of sp³-hybridized carbons (Fsp3) is 1.00. The SMILES string of the molecule is [S]CCCCC(Cl)(Cl)Cl. The molecule has 0 spiro atoms. The van der Waals surface area contributed by atoms with Crippen LogP contribution in [0.4, 0.5) is 0 Å². The second kappa shape index (κ2) is 4.95. The molecule has 0 aromatic heterocycles. The molecule has 0 aliphatic carbocycles. The maximum absolute atomic E-state index is 5.47. The maximum Gasteiger partial charge on any atom is 0.190 e. The Morgan fingerprint density at radius 1 is 1.11 bits per heavy atom. The molecule has 0 unspecified atom stereocenters. The van der Waals surface area contributed by atoms with Crippen molar-refractivity contribution in [2.45, 2.75) is 23.1 Å². The van der Waals surface area contributed by atoms with Gasteiger partial charge in [-0.05, 0) is 19.3 Å². The smallest absolute Gasteiger partial charge is 0.0942 e. The Balaban J connectivity index is 3.07. The van der Waals surface area contributed by atoms with E-state index in [4.69, 9.17) is 47.4 Å². The molecule has 55 valence electrons. The predicted molar refractivity (Wildman–Crippen MR) is 46.6 cm³/mol. The van der Waals surface area contributed by atoms with Crippen molar-refractivity contribution in [1.82, 2.24) is 0 Å². The van der Waals surface area contributed by atoms with E-state index < -0.39 is 3.79 Å². The van der Waals surface area contributed by atoms with E-state index in [1.165, 1.54) is 0 Å². The van der Waals surface area contributed by atoms with Crippen LogP contribution < -0.4 is 0 Å². The summed E-state index contributed by atoms with van der Waals surface area (Å²) >= 11 is 21.1. The Morgan fingerprint density at radius 3 is 2.00 bits per heavy atom. The summed E-state index contributed by atoms with van der Waals surface area (Å²) in [4.78, 5) is 0. The molecule has 0 fully saturated rings. The van der Waals surface area contributed by atoms with Gasteiger partial charge in [-0.1, -0.05) is 47.4 Å². The Labute approximate surface area is 76.3 Å². The molecule has 4 heteroatoms. The molecule has 0 amide bonds. The van der Waals surface area contributed by atoms with Gasteiger partial charge in [0.2, 0.25) is 0 Å². The highest BCUT2D eigenvalue weighted by atomic mass is 35.6. The predicted octanol–water partition coefficient (Wildman–Crippen LogP) is 3.72. The van der Waals surface area contributed by atoms with Crippen molar-refractivity contribution >= 4 is 47.4 Å². The van der Waals surface area contributed by atoms with E-state index in [0.717, 1.165) is 18.6 Å². The minimum absolute atomic E-state index is 0.605. The van der Waals surface area contributed by atoms with Crippen molar-refractivity contribution < 1.29 is 0 Å². The van der Waals surface area contributed by atoms with Gasteiger partial charge in [-0.3, -0.25) is 0 Å². The van der Waals surface area contributed by atoms with Crippen molar-refractivity contribution in [3.8, 4) is 0 Å². The molecule has 0 bridgehead atoms. The molecule has 0 heterocycles. The maximum atomic E-state index is 5.47. The van der Waals surface area contributed by atoms with E-state index >= 15 is 0 Å². The minimum atomic E-state index is -1.08. The monoisotopic (exact) mass is 205 g/mol. The zero-order chi connectivity index (χ0) is 7.33. The average Bonchev–Trinajstić information content (AvgIpc) is 1.63. The molecule has 0 aromatic carbocycles. The molecule has 0 nitrogen and oxygen atoms in total. The molecule has 0 saturated carbocycles. The molecular weight excluding hydrogens is 198 g/mol. The largest absolute Gasteiger partial charge is 0.190 e. The highest BCUT2D eigenvalue weighted by Crippen LogP contribution is 2.31. The van der Waals surface area contributed by atoms with E-state index in [0.29, 0.717) is 6.42 Å². The first-order chi connectivity index (χ1) is 4.06. The molecule has 9 heavy (non-hydrogen) atoms. The fourth-order valence-electron chi connectivity index (χ4n) is 0.428. The number of halogens is 3. The molecule has 0 N–H and O–H groups in total. The molecule has 0 rings (SSSR count). The Hall–Kier alpha value is 1.22. The van der Waals surface area contributed by atoms with Crippen LogP contribution in [0, 0.1) is 0 Å². The minimum Gasteiger partial charge on any atom is -0.0942 e. The van der Waals surface area contributed by atoms with E-state index in [9.17, 15) is 0 Å².